The number of nitro benzene ring substituents is 1. The molecule has 0 saturated heterocycles. The van der Waals surface area contributed by atoms with E-state index in [0.29, 0.717) is 17.0 Å². The van der Waals surface area contributed by atoms with E-state index in [1.54, 1.807) is 47.6 Å². The topological polar surface area (TPSA) is 117 Å². The van der Waals surface area contributed by atoms with Crippen molar-refractivity contribution >= 4 is 19.3 Å². The fourth-order valence-electron chi connectivity index (χ4n) is 3.67. The molecule has 0 spiro atoms. The van der Waals surface area contributed by atoms with Crippen LogP contribution in [-0.2, 0) is 23.1 Å². The minimum absolute atomic E-state index is 0.0298. The summed E-state index contributed by atoms with van der Waals surface area (Å²) in [7, 11) is -3.97. The number of benzene rings is 1. The number of carbonyl (C=O) groups is 1. The maximum absolute atomic E-state index is 14.2. The van der Waals surface area contributed by atoms with Gasteiger partial charge in [0.15, 0.2) is 0 Å². The molecule has 33 heavy (non-hydrogen) atoms. The fourth-order valence-corrected chi connectivity index (χ4v) is 6.11. The second-order valence-corrected chi connectivity index (χ2v) is 10.1. The Morgan fingerprint density at radius 3 is 2.33 bits per heavy atom. The lowest BCUT2D eigenvalue weighted by molar-refractivity contribution is -0.384. The zero-order chi connectivity index (χ0) is 24.9. The van der Waals surface area contributed by atoms with E-state index in [1.807, 2.05) is 0 Å². The van der Waals surface area contributed by atoms with Crippen molar-refractivity contribution in [2.75, 3.05) is 6.61 Å². The Hall–Kier alpha value is -2.74. The zero-order valence-electron chi connectivity index (χ0n) is 19.8. The van der Waals surface area contributed by atoms with Crippen LogP contribution in [0.4, 0.5) is 5.69 Å². The number of nitro groups is 1. The fraction of sp³-hybridized carbons (Fsp3) is 0.435. The molecule has 9 nitrogen and oxygen atoms in total. The van der Waals surface area contributed by atoms with Crippen LogP contribution in [0, 0.1) is 10.1 Å². The summed E-state index contributed by atoms with van der Waals surface area (Å²) in [6, 6.07) is 5.86. The summed E-state index contributed by atoms with van der Waals surface area (Å²) in [5.74, 6) is -1.62. The Labute approximate surface area is 194 Å². The highest BCUT2D eigenvalue weighted by molar-refractivity contribution is 7.58. The maximum atomic E-state index is 14.2. The van der Waals surface area contributed by atoms with Gasteiger partial charge >= 0.3 is 13.6 Å². The molecule has 0 fully saturated rings. The largest absolute Gasteiger partial charge is 0.458 e. The first-order valence-corrected chi connectivity index (χ1v) is 12.1. The Kier molecular flexibility index (Phi) is 8.77. The van der Waals surface area contributed by atoms with Gasteiger partial charge in [0.05, 0.1) is 33.9 Å². The maximum Gasteiger partial charge on any atom is 0.360 e. The first kappa shape index (κ1) is 26.5. The van der Waals surface area contributed by atoms with Crippen LogP contribution in [0.5, 0.6) is 0 Å². The lowest BCUT2D eigenvalue weighted by Gasteiger charge is -2.35. The van der Waals surface area contributed by atoms with E-state index in [9.17, 15) is 19.5 Å². The third-order valence-corrected chi connectivity index (χ3v) is 7.27. The second kappa shape index (κ2) is 10.9. The Bertz CT molecular complexity index is 1030. The lowest BCUT2D eigenvalue weighted by atomic mass is 9.86. The number of esters is 1. The van der Waals surface area contributed by atoms with Gasteiger partial charge in [-0.1, -0.05) is 24.8 Å². The molecule has 1 aromatic carbocycles. The summed E-state index contributed by atoms with van der Waals surface area (Å²) in [6.45, 7) is 13.8. The van der Waals surface area contributed by atoms with Crippen molar-refractivity contribution in [2.45, 2.75) is 59.7 Å². The minimum Gasteiger partial charge on any atom is -0.458 e. The molecule has 0 aliphatic carbocycles. The summed E-state index contributed by atoms with van der Waals surface area (Å²) >= 11 is 0. The van der Waals surface area contributed by atoms with Crippen LogP contribution in [0.2, 0.25) is 0 Å². The average Bonchev–Trinajstić information content (AvgIpc) is 2.70. The smallest absolute Gasteiger partial charge is 0.360 e. The van der Waals surface area contributed by atoms with Gasteiger partial charge in [0.2, 0.25) is 0 Å². The number of dihydropyridines is 1. The lowest BCUT2D eigenvalue weighted by Crippen LogP contribution is -2.30. The standard InChI is InChI=1S/C23H31N2O7P/c1-8-12-30-23(26)20-16(6)24-17(7)22(33(29,31-14(2)3)32-15(4)5)21(20)18-10-9-11-19(13-18)25(27)28/h8-11,13-15,21,24H,1,12H2,2-7H3. The molecule has 2 rings (SSSR count). The van der Waals surface area contributed by atoms with Gasteiger partial charge in [-0.05, 0) is 47.1 Å². The van der Waals surface area contributed by atoms with Crippen LogP contribution in [-0.4, -0.2) is 29.7 Å². The predicted octanol–water partition coefficient (Wildman–Crippen LogP) is 5.56. The highest BCUT2D eigenvalue weighted by atomic mass is 31.2. The van der Waals surface area contributed by atoms with Crippen molar-refractivity contribution < 1.29 is 28.1 Å². The minimum atomic E-state index is -3.97. The number of ether oxygens (including phenoxy) is 1. The molecule has 0 radical (unpaired) electrons. The van der Waals surface area contributed by atoms with Gasteiger partial charge in [-0.2, -0.15) is 0 Å². The Morgan fingerprint density at radius 1 is 1.21 bits per heavy atom. The summed E-state index contributed by atoms with van der Waals surface area (Å²) in [6.07, 6.45) is 0.524. The zero-order valence-corrected chi connectivity index (χ0v) is 20.7. The molecule has 0 aromatic heterocycles. The molecule has 1 aliphatic rings. The van der Waals surface area contributed by atoms with Gasteiger partial charge < -0.3 is 19.1 Å². The molecule has 1 aliphatic heterocycles. The molecular weight excluding hydrogens is 447 g/mol. The normalized spacial score (nSPS) is 16.8. The third-order valence-electron chi connectivity index (χ3n) is 4.69. The number of allylic oxidation sites excluding steroid dienone is 3. The summed E-state index contributed by atoms with van der Waals surface area (Å²) < 4.78 is 31.2. The molecule has 1 heterocycles. The SMILES string of the molecule is C=CCOC(=O)C1=C(C)NC(C)=C(P(=O)(OC(C)C)OC(C)C)C1c1cccc([N+](=O)[O-])c1. The molecule has 1 unspecified atom stereocenters. The van der Waals surface area contributed by atoms with Gasteiger partial charge in [0.1, 0.15) is 6.61 Å². The van der Waals surface area contributed by atoms with E-state index in [-0.39, 0.29) is 23.2 Å². The molecule has 0 bridgehead atoms. The molecular formula is C23H31N2O7P. The summed E-state index contributed by atoms with van der Waals surface area (Å²) in [5.41, 5.74) is 1.35. The molecule has 0 amide bonds. The Balaban J connectivity index is 2.82. The molecule has 180 valence electrons. The van der Waals surface area contributed by atoms with E-state index in [4.69, 9.17) is 13.8 Å². The first-order chi connectivity index (χ1) is 15.4. The van der Waals surface area contributed by atoms with Gasteiger partial charge in [-0.15, -0.1) is 0 Å². The van der Waals surface area contributed by atoms with E-state index >= 15 is 0 Å². The van der Waals surface area contributed by atoms with Crippen molar-refractivity contribution in [1.29, 1.82) is 0 Å². The van der Waals surface area contributed by atoms with E-state index < -0.39 is 36.6 Å². The van der Waals surface area contributed by atoms with Crippen molar-refractivity contribution in [2.24, 2.45) is 0 Å². The van der Waals surface area contributed by atoms with Gasteiger partial charge in [0.25, 0.3) is 5.69 Å². The average molecular weight is 478 g/mol. The van der Waals surface area contributed by atoms with Crippen molar-refractivity contribution in [3.63, 3.8) is 0 Å². The number of carbonyl (C=O) groups excluding carboxylic acids is 1. The van der Waals surface area contributed by atoms with Crippen molar-refractivity contribution in [3.05, 3.63) is 74.9 Å². The molecule has 10 heteroatoms. The molecule has 1 atom stereocenters. The number of nitrogens with one attached hydrogen (secondary N) is 1. The number of nitrogens with zero attached hydrogens (tertiary/aromatic N) is 1. The number of rotatable bonds is 10. The van der Waals surface area contributed by atoms with Crippen LogP contribution in [0.1, 0.15) is 53.0 Å². The molecule has 1 aromatic rings. The van der Waals surface area contributed by atoms with Crippen molar-refractivity contribution in [1.82, 2.24) is 5.32 Å². The Morgan fingerprint density at radius 2 is 1.82 bits per heavy atom. The van der Waals surface area contributed by atoms with E-state index in [0.717, 1.165) is 0 Å². The van der Waals surface area contributed by atoms with E-state index in [2.05, 4.69) is 11.9 Å². The van der Waals surface area contributed by atoms with Crippen LogP contribution in [0.25, 0.3) is 0 Å². The van der Waals surface area contributed by atoms with Crippen molar-refractivity contribution in [3.8, 4) is 0 Å². The van der Waals surface area contributed by atoms with Crippen LogP contribution in [0.15, 0.2) is 59.2 Å². The number of hydrogen-bond acceptors (Lipinski definition) is 8. The van der Waals surface area contributed by atoms with Crippen LogP contribution < -0.4 is 5.32 Å². The number of non-ortho nitro benzene ring substituents is 1. The van der Waals surface area contributed by atoms with Gasteiger partial charge in [-0.3, -0.25) is 14.7 Å². The quantitative estimate of drug-likeness (QED) is 0.153. The molecule has 0 saturated carbocycles. The van der Waals surface area contributed by atoms with Crippen LogP contribution >= 0.6 is 7.60 Å². The first-order valence-electron chi connectivity index (χ1n) is 10.6. The summed E-state index contributed by atoms with van der Waals surface area (Å²) in [5, 5.41) is 14.8. The van der Waals surface area contributed by atoms with Crippen LogP contribution in [0.3, 0.4) is 0 Å². The van der Waals surface area contributed by atoms with E-state index in [1.165, 1.54) is 24.3 Å². The highest BCUT2D eigenvalue weighted by Crippen LogP contribution is 2.65. The third kappa shape index (κ3) is 6.19. The van der Waals surface area contributed by atoms with Gasteiger partial charge in [0, 0.05) is 23.5 Å². The summed E-state index contributed by atoms with van der Waals surface area (Å²) in [4.78, 5) is 24.0. The predicted molar refractivity (Wildman–Crippen MR) is 126 cm³/mol. The molecule has 1 N–H and O–H groups in total. The second-order valence-electron chi connectivity index (χ2n) is 8.15. The highest BCUT2D eigenvalue weighted by Gasteiger charge is 2.46. The number of hydrogen-bond donors (Lipinski definition) is 1. The van der Waals surface area contributed by atoms with Gasteiger partial charge in [-0.25, -0.2) is 4.79 Å². The monoisotopic (exact) mass is 478 g/mol.